The van der Waals surface area contributed by atoms with E-state index in [1.165, 1.54) is 0 Å². The molecule has 2 aromatic heterocycles. The molecule has 0 amide bonds. The first kappa shape index (κ1) is 12.7. The van der Waals surface area contributed by atoms with Crippen molar-refractivity contribution in [3.05, 3.63) is 58.0 Å². The Morgan fingerprint density at radius 3 is 2.60 bits per heavy atom. The second-order valence-corrected chi connectivity index (χ2v) is 4.70. The second kappa shape index (κ2) is 4.98. The molecule has 0 unspecified atom stereocenters. The Bertz CT molecular complexity index is 825. The Morgan fingerprint density at radius 2 is 1.90 bits per heavy atom. The fraction of sp³-hybridized carbons (Fsp3) is 0.0667. The van der Waals surface area contributed by atoms with E-state index in [4.69, 9.17) is 16.3 Å². The maximum Gasteiger partial charge on any atom is 0.257 e. The van der Waals surface area contributed by atoms with Crippen LogP contribution in [0.1, 0.15) is 0 Å². The molecule has 0 saturated heterocycles. The minimum atomic E-state index is -0.197. The lowest BCUT2D eigenvalue weighted by atomic mass is 10.1. The Hall–Kier alpha value is -2.33. The fourth-order valence-corrected chi connectivity index (χ4v) is 2.19. The maximum absolute atomic E-state index is 12.1. The van der Waals surface area contributed by atoms with Crippen LogP contribution in [0.15, 0.2) is 47.3 Å². The largest absolute Gasteiger partial charge is 0.497 e. The van der Waals surface area contributed by atoms with E-state index in [-0.39, 0.29) is 5.56 Å². The summed E-state index contributed by atoms with van der Waals surface area (Å²) < 4.78 is 5.11. The van der Waals surface area contributed by atoms with Crippen LogP contribution in [-0.2, 0) is 0 Å². The SMILES string of the molecule is COc1ccc(-c2cc3ccc(Cl)nc3[nH]c2=O)cc1. The topological polar surface area (TPSA) is 55.0 Å². The molecule has 5 heteroatoms. The summed E-state index contributed by atoms with van der Waals surface area (Å²) in [5.41, 5.74) is 1.70. The number of H-pyrrole nitrogens is 1. The van der Waals surface area contributed by atoms with Crippen LogP contribution in [0.3, 0.4) is 0 Å². The first-order chi connectivity index (χ1) is 9.67. The standard InChI is InChI=1S/C15H11ClN2O2/c1-20-11-5-2-9(3-6-11)12-8-10-4-7-13(16)17-14(10)18-15(12)19/h2-8H,1H3,(H,17,18,19). The van der Waals surface area contributed by atoms with Crippen LogP contribution in [0.4, 0.5) is 0 Å². The van der Waals surface area contributed by atoms with Crippen LogP contribution in [0, 0.1) is 0 Å². The lowest BCUT2D eigenvalue weighted by Gasteiger charge is -2.05. The van der Waals surface area contributed by atoms with Gasteiger partial charge in [0.15, 0.2) is 0 Å². The van der Waals surface area contributed by atoms with Crippen LogP contribution in [0.25, 0.3) is 22.2 Å². The van der Waals surface area contributed by atoms with Crippen molar-refractivity contribution >= 4 is 22.6 Å². The van der Waals surface area contributed by atoms with Gasteiger partial charge >= 0.3 is 0 Å². The molecule has 0 saturated carbocycles. The summed E-state index contributed by atoms with van der Waals surface area (Å²) in [5, 5.41) is 1.19. The predicted molar refractivity (Wildman–Crippen MR) is 79.4 cm³/mol. The summed E-state index contributed by atoms with van der Waals surface area (Å²) in [5.74, 6) is 0.749. The van der Waals surface area contributed by atoms with Crippen molar-refractivity contribution in [1.82, 2.24) is 9.97 Å². The summed E-state index contributed by atoms with van der Waals surface area (Å²) in [7, 11) is 1.60. The van der Waals surface area contributed by atoms with Gasteiger partial charge in [0, 0.05) is 10.9 Å². The predicted octanol–water partition coefficient (Wildman–Crippen LogP) is 3.25. The fourth-order valence-electron chi connectivity index (χ4n) is 2.04. The van der Waals surface area contributed by atoms with Crippen molar-refractivity contribution in [3.63, 3.8) is 0 Å². The van der Waals surface area contributed by atoms with Gasteiger partial charge in [-0.05, 0) is 35.9 Å². The van der Waals surface area contributed by atoms with Crippen molar-refractivity contribution in [3.8, 4) is 16.9 Å². The zero-order valence-corrected chi connectivity index (χ0v) is 11.4. The van der Waals surface area contributed by atoms with Gasteiger partial charge in [-0.1, -0.05) is 23.7 Å². The summed E-state index contributed by atoms with van der Waals surface area (Å²) in [6, 6.07) is 12.7. The van der Waals surface area contributed by atoms with Gasteiger partial charge < -0.3 is 9.72 Å². The lowest BCUT2D eigenvalue weighted by Crippen LogP contribution is -2.09. The van der Waals surface area contributed by atoms with E-state index >= 15 is 0 Å². The molecule has 0 aliphatic heterocycles. The van der Waals surface area contributed by atoms with Gasteiger partial charge in [-0.3, -0.25) is 4.79 Å². The second-order valence-electron chi connectivity index (χ2n) is 4.31. The van der Waals surface area contributed by atoms with Crippen LogP contribution in [0.2, 0.25) is 5.15 Å². The molecule has 0 radical (unpaired) electrons. The lowest BCUT2D eigenvalue weighted by molar-refractivity contribution is 0.415. The van der Waals surface area contributed by atoms with Gasteiger partial charge in [-0.25, -0.2) is 4.98 Å². The van der Waals surface area contributed by atoms with E-state index in [9.17, 15) is 4.79 Å². The number of aromatic nitrogens is 2. The number of aromatic amines is 1. The van der Waals surface area contributed by atoms with Gasteiger partial charge in [-0.2, -0.15) is 0 Å². The van der Waals surface area contributed by atoms with Gasteiger partial charge in [0.1, 0.15) is 16.5 Å². The normalized spacial score (nSPS) is 10.7. The number of fused-ring (bicyclic) bond motifs is 1. The average Bonchev–Trinajstić information content (AvgIpc) is 2.46. The summed E-state index contributed by atoms with van der Waals surface area (Å²) in [6.07, 6.45) is 0. The smallest absolute Gasteiger partial charge is 0.257 e. The Labute approximate surface area is 120 Å². The number of hydrogen-bond donors (Lipinski definition) is 1. The Kier molecular flexibility index (Phi) is 3.16. The van der Waals surface area contributed by atoms with Crippen LogP contribution >= 0.6 is 11.6 Å². The first-order valence-corrected chi connectivity index (χ1v) is 6.39. The number of halogens is 1. The van der Waals surface area contributed by atoms with Gasteiger partial charge in [0.25, 0.3) is 5.56 Å². The molecule has 3 rings (SSSR count). The number of nitrogens with zero attached hydrogens (tertiary/aromatic N) is 1. The number of pyridine rings is 2. The van der Waals surface area contributed by atoms with E-state index in [0.29, 0.717) is 16.4 Å². The molecule has 1 N–H and O–H groups in total. The number of hydrogen-bond acceptors (Lipinski definition) is 3. The first-order valence-electron chi connectivity index (χ1n) is 6.01. The summed E-state index contributed by atoms with van der Waals surface area (Å²) in [4.78, 5) is 19.0. The van der Waals surface area contributed by atoms with Crippen LogP contribution < -0.4 is 10.3 Å². The highest BCUT2D eigenvalue weighted by Crippen LogP contribution is 2.22. The Balaban J connectivity index is 2.17. The zero-order chi connectivity index (χ0) is 14.1. The number of nitrogens with one attached hydrogen (secondary N) is 1. The van der Waals surface area contributed by atoms with Crippen molar-refractivity contribution in [1.29, 1.82) is 0 Å². The highest BCUT2D eigenvalue weighted by atomic mass is 35.5. The van der Waals surface area contributed by atoms with Crippen molar-refractivity contribution < 1.29 is 4.74 Å². The van der Waals surface area contributed by atoms with E-state index < -0.39 is 0 Å². The summed E-state index contributed by atoms with van der Waals surface area (Å²) in [6.45, 7) is 0. The third-order valence-electron chi connectivity index (χ3n) is 3.07. The molecule has 0 aliphatic rings. The maximum atomic E-state index is 12.1. The number of rotatable bonds is 2. The van der Waals surface area contributed by atoms with Gasteiger partial charge in [0.05, 0.1) is 7.11 Å². The molecule has 3 aromatic rings. The van der Waals surface area contributed by atoms with E-state index in [0.717, 1.165) is 16.7 Å². The molecule has 100 valence electrons. The molecule has 0 atom stereocenters. The van der Waals surface area contributed by atoms with Gasteiger partial charge in [-0.15, -0.1) is 0 Å². The number of ether oxygens (including phenoxy) is 1. The molecular formula is C15H11ClN2O2. The van der Waals surface area contributed by atoms with Gasteiger partial charge in [0.2, 0.25) is 0 Å². The van der Waals surface area contributed by atoms with E-state index in [1.54, 1.807) is 19.2 Å². The molecule has 0 fully saturated rings. The minimum absolute atomic E-state index is 0.197. The highest BCUT2D eigenvalue weighted by Gasteiger charge is 2.07. The molecule has 4 nitrogen and oxygen atoms in total. The minimum Gasteiger partial charge on any atom is -0.497 e. The molecule has 20 heavy (non-hydrogen) atoms. The molecule has 0 spiro atoms. The highest BCUT2D eigenvalue weighted by molar-refractivity contribution is 6.29. The third kappa shape index (κ3) is 2.26. The quantitative estimate of drug-likeness (QED) is 0.736. The average molecular weight is 287 g/mol. The molecular weight excluding hydrogens is 276 g/mol. The van der Waals surface area contributed by atoms with Crippen LogP contribution in [-0.4, -0.2) is 17.1 Å². The molecule has 2 heterocycles. The monoisotopic (exact) mass is 286 g/mol. The third-order valence-corrected chi connectivity index (χ3v) is 3.28. The summed E-state index contributed by atoms with van der Waals surface area (Å²) >= 11 is 5.81. The van der Waals surface area contributed by atoms with Crippen molar-refractivity contribution in [2.24, 2.45) is 0 Å². The van der Waals surface area contributed by atoms with E-state index in [2.05, 4.69) is 9.97 Å². The van der Waals surface area contributed by atoms with Crippen molar-refractivity contribution in [2.75, 3.05) is 7.11 Å². The van der Waals surface area contributed by atoms with Crippen LogP contribution in [0.5, 0.6) is 5.75 Å². The Morgan fingerprint density at radius 1 is 1.15 bits per heavy atom. The molecule has 1 aromatic carbocycles. The number of methoxy groups -OCH3 is 1. The number of benzene rings is 1. The van der Waals surface area contributed by atoms with E-state index in [1.807, 2.05) is 30.3 Å². The molecule has 0 aliphatic carbocycles. The zero-order valence-electron chi connectivity index (χ0n) is 10.7. The van der Waals surface area contributed by atoms with Crippen molar-refractivity contribution in [2.45, 2.75) is 0 Å². The molecule has 0 bridgehead atoms.